The van der Waals surface area contributed by atoms with Crippen molar-refractivity contribution in [2.24, 2.45) is 0 Å². The third kappa shape index (κ3) is 5.99. The van der Waals surface area contributed by atoms with Gasteiger partial charge < -0.3 is 14.2 Å². The molecule has 0 aliphatic heterocycles. The fourth-order valence-corrected chi connectivity index (χ4v) is 9.44. The maximum atomic E-state index is 6.31. The Balaban J connectivity index is 1.23. The Bertz CT molecular complexity index is 3120. The zero-order chi connectivity index (χ0) is 38.3. The number of furan rings is 1. The van der Waals surface area contributed by atoms with Crippen LogP contribution in [0.5, 0.6) is 0 Å². The summed E-state index contributed by atoms with van der Waals surface area (Å²) in [7, 11) is 0. The van der Waals surface area contributed by atoms with E-state index in [-0.39, 0.29) is 0 Å². The van der Waals surface area contributed by atoms with E-state index >= 15 is 0 Å². The second-order valence-corrected chi connectivity index (χ2v) is 15.1. The molecule has 272 valence electrons. The Morgan fingerprint density at radius 2 is 1.16 bits per heavy atom. The predicted molar refractivity (Wildman–Crippen MR) is 246 cm³/mol. The highest BCUT2D eigenvalue weighted by molar-refractivity contribution is 7.26. The Labute approximate surface area is 336 Å². The number of allylic oxidation sites excluding steroid dienone is 1. The van der Waals surface area contributed by atoms with Crippen LogP contribution in [0.25, 0.3) is 65.4 Å². The number of para-hydroxylation sites is 2. The fraction of sp³-hybridized carbons (Fsp3) is 0.0189. The SMILES string of the molecule is C=Cc1c(/C=C\C)cccc1N(c1ccccc1)c1cccc2c1sc1cccc(N(c3cccc(-c4ccccc4)c3)c3ccc4oc5ccccc5c4c3)c12. The maximum Gasteiger partial charge on any atom is 0.135 e. The summed E-state index contributed by atoms with van der Waals surface area (Å²) in [6.07, 6.45) is 6.22. The Morgan fingerprint density at radius 3 is 2.00 bits per heavy atom. The maximum absolute atomic E-state index is 6.31. The van der Waals surface area contributed by atoms with Gasteiger partial charge in [0.25, 0.3) is 0 Å². The Hall–Kier alpha value is -7.14. The molecule has 2 heterocycles. The quantitative estimate of drug-likeness (QED) is 0.146. The van der Waals surface area contributed by atoms with Crippen molar-refractivity contribution in [1.29, 1.82) is 0 Å². The number of rotatable bonds is 9. The molecule has 10 rings (SSSR count). The minimum absolute atomic E-state index is 0.875. The van der Waals surface area contributed by atoms with Crippen LogP contribution in [0.2, 0.25) is 0 Å². The molecule has 0 aliphatic carbocycles. The zero-order valence-corrected chi connectivity index (χ0v) is 32.3. The molecule has 0 N–H and O–H groups in total. The van der Waals surface area contributed by atoms with Gasteiger partial charge in [-0.05, 0) is 96.4 Å². The topological polar surface area (TPSA) is 19.6 Å². The van der Waals surface area contributed by atoms with Crippen molar-refractivity contribution < 1.29 is 4.42 Å². The van der Waals surface area contributed by atoms with E-state index < -0.39 is 0 Å². The molecule has 4 heteroatoms. The Morgan fingerprint density at radius 1 is 0.509 bits per heavy atom. The van der Waals surface area contributed by atoms with Gasteiger partial charge in [-0.25, -0.2) is 0 Å². The van der Waals surface area contributed by atoms with Gasteiger partial charge in [0.15, 0.2) is 0 Å². The monoisotopic (exact) mass is 750 g/mol. The number of benzene rings is 8. The molecule has 0 bridgehead atoms. The molecule has 0 unspecified atom stereocenters. The van der Waals surface area contributed by atoms with Gasteiger partial charge in [0.05, 0.1) is 21.8 Å². The summed E-state index contributed by atoms with van der Waals surface area (Å²) in [5.74, 6) is 0. The summed E-state index contributed by atoms with van der Waals surface area (Å²) < 4.78 is 8.73. The molecule has 10 aromatic rings. The van der Waals surface area contributed by atoms with Crippen LogP contribution in [0.1, 0.15) is 18.1 Å². The summed E-state index contributed by atoms with van der Waals surface area (Å²) in [4.78, 5) is 4.81. The summed E-state index contributed by atoms with van der Waals surface area (Å²) in [6.45, 7) is 6.33. The lowest BCUT2D eigenvalue weighted by molar-refractivity contribution is 0.669. The normalized spacial score (nSPS) is 11.6. The van der Waals surface area contributed by atoms with E-state index in [2.05, 4.69) is 205 Å². The largest absolute Gasteiger partial charge is 0.456 e. The molecule has 0 amide bonds. The number of nitrogens with zero attached hydrogens (tertiary/aromatic N) is 2. The zero-order valence-electron chi connectivity index (χ0n) is 31.5. The van der Waals surface area contributed by atoms with E-state index in [1.165, 1.54) is 25.7 Å². The predicted octanol–water partition coefficient (Wildman–Crippen LogP) is 16.2. The van der Waals surface area contributed by atoms with Crippen molar-refractivity contribution >= 4 is 99.7 Å². The molecule has 0 aliphatic rings. The van der Waals surface area contributed by atoms with E-state index in [9.17, 15) is 0 Å². The summed E-state index contributed by atoms with van der Waals surface area (Å²) >= 11 is 1.84. The summed E-state index contributed by atoms with van der Waals surface area (Å²) in [6, 6.07) is 64.9. The van der Waals surface area contributed by atoms with Gasteiger partial charge in [0.1, 0.15) is 11.2 Å². The van der Waals surface area contributed by atoms with Gasteiger partial charge in [-0.15, -0.1) is 11.3 Å². The number of hydrogen-bond acceptors (Lipinski definition) is 4. The lowest BCUT2D eigenvalue weighted by Gasteiger charge is -2.28. The van der Waals surface area contributed by atoms with Gasteiger partial charge in [0, 0.05) is 48.9 Å². The average Bonchev–Trinajstić information content (AvgIpc) is 3.84. The molecule has 0 radical (unpaired) electrons. The third-order valence-electron chi connectivity index (χ3n) is 10.7. The van der Waals surface area contributed by atoms with Crippen LogP contribution in [-0.4, -0.2) is 0 Å². The molecule has 0 saturated heterocycles. The molecule has 8 aromatic carbocycles. The molecule has 0 fully saturated rings. The van der Waals surface area contributed by atoms with E-state index in [0.29, 0.717) is 0 Å². The number of hydrogen-bond donors (Lipinski definition) is 0. The van der Waals surface area contributed by atoms with Gasteiger partial charge in [-0.3, -0.25) is 0 Å². The van der Waals surface area contributed by atoms with Crippen molar-refractivity contribution in [3.05, 3.63) is 206 Å². The molecular weight excluding hydrogens is 713 g/mol. The van der Waals surface area contributed by atoms with Gasteiger partial charge in [-0.1, -0.05) is 134 Å². The molecule has 0 spiro atoms. The molecule has 0 atom stereocenters. The van der Waals surface area contributed by atoms with E-state index in [4.69, 9.17) is 4.42 Å². The van der Waals surface area contributed by atoms with Crippen molar-refractivity contribution in [2.75, 3.05) is 9.80 Å². The van der Waals surface area contributed by atoms with Crippen LogP contribution in [0.4, 0.5) is 34.1 Å². The van der Waals surface area contributed by atoms with Crippen molar-refractivity contribution in [3.63, 3.8) is 0 Å². The van der Waals surface area contributed by atoms with Gasteiger partial charge >= 0.3 is 0 Å². The van der Waals surface area contributed by atoms with Crippen LogP contribution in [0, 0.1) is 0 Å². The Kier molecular flexibility index (Phi) is 8.74. The van der Waals surface area contributed by atoms with Crippen LogP contribution in [0.3, 0.4) is 0 Å². The van der Waals surface area contributed by atoms with E-state index in [0.717, 1.165) is 72.8 Å². The number of anilines is 6. The average molecular weight is 751 g/mol. The van der Waals surface area contributed by atoms with Crippen LogP contribution >= 0.6 is 11.3 Å². The first kappa shape index (κ1) is 34.4. The molecular formula is C53H38N2OS. The lowest BCUT2D eigenvalue weighted by Crippen LogP contribution is -2.12. The smallest absolute Gasteiger partial charge is 0.135 e. The molecule has 2 aromatic heterocycles. The summed E-state index contributed by atoms with van der Waals surface area (Å²) in [5, 5.41) is 4.61. The standard InChI is InChI=1S/C53H38N2OS/c1-3-17-37-20-14-27-46(42(37)4-2)55(39-22-9-6-10-23-39)48-29-15-26-44-52-47(28-16-31-51(52)57-53(44)48)54(40-24-13-21-38(34-40)36-18-7-5-8-19-36)41-32-33-50-45(35-41)43-25-11-12-30-49(43)56-50/h3-35H,2H2,1H3/b17-3-. The van der Waals surface area contributed by atoms with Crippen LogP contribution < -0.4 is 9.80 Å². The fourth-order valence-electron chi connectivity index (χ4n) is 8.21. The first-order valence-electron chi connectivity index (χ1n) is 19.2. The van der Waals surface area contributed by atoms with Crippen LogP contribution in [-0.2, 0) is 0 Å². The van der Waals surface area contributed by atoms with Gasteiger partial charge in [-0.2, -0.15) is 0 Å². The van der Waals surface area contributed by atoms with Gasteiger partial charge in [0.2, 0.25) is 0 Å². The van der Waals surface area contributed by atoms with Crippen molar-refractivity contribution in [3.8, 4) is 11.1 Å². The summed E-state index contributed by atoms with van der Waals surface area (Å²) in [5.41, 5.74) is 12.9. The van der Waals surface area contributed by atoms with Crippen molar-refractivity contribution in [2.45, 2.75) is 6.92 Å². The first-order chi connectivity index (χ1) is 28.2. The van der Waals surface area contributed by atoms with Crippen molar-refractivity contribution in [1.82, 2.24) is 0 Å². The highest BCUT2D eigenvalue weighted by Crippen LogP contribution is 2.50. The third-order valence-corrected chi connectivity index (χ3v) is 11.9. The minimum Gasteiger partial charge on any atom is -0.456 e. The second kappa shape index (κ2) is 14.5. The first-order valence-corrected chi connectivity index (χ1v) is 20.1. The lowest BCUT2D eigenvalue weighted by atomic mass is 10.0. The second-order valence-electron chi connectivity index (χ2n) is 14.1. The molecule has 57 heavy (non-hydrogen) atoms. The number of thiophene rings is 1. The molecule has 0 saturated carbocycles. The van der Waals surface area contributed by atoms with E-state index in [1.807, 2.05) is 29.5 Å². The molecule has 3 nitrogen and oxygen atoms in total. The van der Waals surface area contributed by atoms with Crippen LogP contribution in [0.15, 0.2) is 199 Å². The highest BCUT2D eigenvalue weighted by Gasteiger charge is 2.24. The van der Waals surface area contributed by atoms with E-state index in [1.54, 1.807) is 0 Å². The highest BCUT2D eigenvalue weighted by atomic mass is 32.1. The minimum atomic E-state index is 0.875. The number of fused-ring (bicyclic) bond motifs is 6.